The fourth-order valence-corrected chi connectivity index (χ4v) is 1.82. The van der Waals surface area contributed by atoms with Crippen LogP contribution >= 0.6 is 12.4 Å². The Balaban J connectivity index is 0.00000144. The molecule has 1 aromatic carbocycles. The Morgan fingerprint density at radius 3 is 2.71 bits per heavy atom. The number of carbonyl (C=O) groups is 1. The zero-order valence-corrected chi connectivity index (χ0v) is 10.2. The Bertz CT molecular complexity index is 363. The molecule has 1 aliphatic rings. The Hall–Kier alpha value is -1.13. The summed E-state index contributed by atoms with van der Waals surface area (Å²) in [4.78, 5) is 11.6. The van der Waals surface area contributed by atoms with Crippen LogP contribution in [0.2, 0.25) is 0 Å². The minimum absolute atomic E-state index is 0. The molecule has 2 N–H and O–H groups in total. The number of benzene rings is 1. The lowest BCUT2D eigenvalue weighted by Gasteiger charge is -2.10. The van der Waals surface area contributed by atoms with Gasteiger partial charge in [-0.3, -0.25) is 4.79 Å². The first-order valence-corrected chi connectivity index (χ1v) is 5.51. The molecule has 1 amide bonds. The predicted molar refractivity (Wildman–Crippen MR) is 66.5 cm³/mol. The number of hydrogen-bond acceptors (Lipinski definition) is 2. The minimum atomic E-state index is -0.257. The first-order chi connectivity index (χ1) is 7.75. The average Bonchev–Trinajstić information content (AvgIpc) is 2.81. The van der Waals surface area contributed by atoms with Crippen molar-refractivity contribution in [2.24, 2.45) is 0 Å². The maximum absolute atomic E-state index is 12.6. The van der Waals surface area contributed by atoms with Gasteiger partial charge in [0.05, 0.1) is 6.04 Å². The maximum Gasteiger partial charge on any atom is 0.237 e. The molecule has 0 aromatic heterocycles. The van der Waals surface area contributed by atoms with Gasteiger partial charge < -0.3 is 10.6 Å². The number of hydrogen-bond donors (Lipinski definition) is 2. The molecular weight excluding hydrogens is 243 g/mol. The molecule has 0 unspecified atom stereocenters. The summed E-state index contributed by atoms with van der Waals surface area (Å²) in [6, 6.07) is 6.10. The first-order valence-electron chi connectivity index (χ1n) is 5.51. The van der Waals surface area contributed by atoms with Gasteiger partial charge in [-0.2, -0.15) is 0 Å². The van der Waals surface area contributed by atoms with E-state index in [9.17, 15) is 9.18 Å². The molecule has 1 saturated heterocycles. The fraction of sp³-hybridized carbons (Fsp3) is 0.417. The number of nitrogens with one attached hydrogen (secondary N) is 2. The second-order valence-electron chi connectivity index (χ2n) is 3.99. The summed E-state index contributed by atoms with van der Waals surface area (Å²) in [6.45, 7) is 1.37. The average molecular weight is 259 g/mol. The molecule has 1 aliphatic heterocycles. The topological polar surface area (TPSA) is 41.1 Å². The van der Waals surface area contributed by atoms with Crippen LogP contribution < -0.4 is 10.6 Å². The third-order valence-electron chi connectivity index (χ3n) is 2.76. The van der Waals surface area contributed by atoms with Crippen molar-refractivity contribution in [3.63, 3.8) is 0 Å². The minimum Gasteiger partial charge on any atom is -0.351 e. The van der Waals surface area contributed by atoms with Crippen LogP contribution in [-0.4, -0.2) is 18.5 Å². The quantitative estimate of drug-likeness (QED) is 0.865. The maximum atomic E-state index is 12.6. The number of carbonyl (C=O) groups excluding carboxylic acids is 1. The lowest BCUT2D eigenvalue weighted by Crippen LogP contribution is -2.39. The molecule has 0 radical (unpaired) electrons. The molecule has 0 bridgehead atoms. The third-order valence-corrected chi connectivity index (χ3v) is 2.76. The highest BCUT2D eigenvalue weighted by molar-refractivity contribution is 5.85. The van der Waals surface area contributed by atoms with Crippen molar-refractivity contribution in [1.29, 1.82) is 0 Å². The molecule has 1 atom stereocenters. The monoisotopic (exact) mass is 258 g/mol. The highest BCUT2D eigenvalue weighted by Gasteiger charge is 2.21. The van der Waals surface area contributed by atoms with Crippen molar-refractivity contribution in [2.75, 3.05) is 6.54 Å². The fourth-order valence-electron chi connectivity index (χ4n) is 1.82. The van der Waals surface area contributed by atoms with Crippen LogP contribution in [0.1, 0.15) is 18.4 Å². The van der Waals surface area contributed by atoms with Gasteiger partial charge in [0.2, 0.25) is 5.91 Å². The van der Waals surface area contributed by atoms with E-state index in [-0.39, 0.29) is 30.2 Å². The van der Waals surface area contributed by atoms with Crippen LogP contribution in [0.4, 0.5) is 4.39 Å². The number of halogens is 2. The van der Waals surface area contributed by atoms with Gasteiger partial charge in [-0.1, -0.05) is 12.1 Å². The summed E-state index contributed by atoms with van der Waals surface area (Å²) in [5.41, 5.74) is 0.910. The Labute approximate surface area is 106 Å². The van der Waals surface area contributed by atoms with E-state index in [0.29, 0.717) is 6.54 Å². The molecule has 2 rings (SSSR count). The Morgan fingerprint density at radius 1 is 1.41 bits per heavy atom. The second kappa shape index (κ2) is 6.57. The van der Waals surface area contributed by atoms with Gasteiger partial charge in [-0.25, -0.2) is 4.39 Å². The summed E-state index contributed by atoms with van der Waals surface area (Å²) in [5, 5.41) is 5.97. The molecule has 94 valence electrons. The lowest BCUT2D eigenvalue weighted by molar-refractivity contribution is -0.122. The molecule has 17 heavy (non-hydrogen) atoms. The number of amides is 1. The molecule has 3 nitrogen and oxygen atoms in total. The Kier molecular flexibility index (Phi) is 5.38. The molecular formula is C12H16ClFN2O. The van der Waals surface area contributed by atoms with Crippen LogP contribution in [0.15, 0.2) is 24.3 Å². The highest BCUT2D eigenvalue weighted by Crippen LogP contribution is 2.06. The van der Waals surface area contributed by atoms with E-state index in [1.165, 1.54) is 12.1 Å². The summed E-state index contributed by atoms with van der Waals surface area (Å²) < 4.78 is 12.6. The molecule has 0 aliphatic carbocycles. The molecule has 5 heteroatoms. The van der Waals surface area contributed by atoms with E-state index in [4.69, 9.17) is 0 Å². The zero-order chi connectivity index (χ0) is 11.4. The smallest absolute Gasteiger partial charge is 0.237 e. The van der Waals surface area contributed by atoms with Crippen LogP contribution in [-0.2, 0) is 11.3 Å². The first kappa shape index (κ1) is 13.9. The zero-order valence-electron chi connectivity index (χ0n) is 9.41. The summed E-state index contributed by atoms with van der Waals surface area (Å²) in [7, 11) is 0. The van der Waals surface area contributed by atoms with Crippen LogP contribution in [0.3, 0.4) is 0 Å². The summed E-state index contributed by atoms with van der Waals surface area (Å²) in [5.74, 6) is -0.227. The normalized spacial score (nSPS) is 18.5. The van der Waals surface area contributed by atoms with E-state index < -0.39 is 0 Å². The predicted octanol–water partition coefficient (Wildman–Crippen LogP) is 1.62. The van der Waals surface area contributed by atoms with Crippen LogP contribution in [0, 0.1) is 5.82 Å². The van der Waals surface area contributed by atoms with Crippen molar-refractivity contribution in [2.45, 2.75) is 25.4 Å². The molecule has 0 saturated carbocycles. The van der Waals surface area contributed by atoms with Gasteiger partial charge in [0.25, 0.3) is 0 Å². The summed E-state index contributed by atoms with van der Waals surface area (Å²) >= 11 is 0. The molecule has 1 fully saturated rings. The van der Waals surface area contributed by atoms with Gasteiger partial charge in [0, 0.05) is 6.54 Å². The largest absolute Gasteiger partial charge is 0.351 e. The number of rotatable bonds is 3. The standard InChI is InChI=1S/C12H15FN2O.ClH/c13-10-5-3-9(4-6-10)8-15-12(16)11-2-1-7-14-11;/h3-6,11,14H,1-2,7-8H2,(H,15,16);1H/t11-;/m0./s1. The van der Waals surface area contributed by atoms with Gasteiger partial charge >= 0.3 is 0 Å². The van der Waals surface area contributed by atoms with Gasteiger partial charge in [-0.15, -0.1) is 12.4 Å². The van der Waals surface area contributed by atoms with E-state index >= 15 is 0 Å². The highest BCUT2D eigenvalue weighted by atomic mass is 35.5. The molecule has 0 spiro atoms. The van der Waals surface area contributed by atoms with Crippen molar-refractivity contribution in [1.82, 2.24) is 10.6 Å². The van der Waals surface area contributed by atoms with Gasteiger partial charge in [0.15, 0.2) is 0 Å². The second-order valence-corrected chi connectivity index (χ2v) is 3.99. The summed E-state index contributed by atoms with van der Waals surface area (Å²) in [6.07, 6.45) is 1.95. The van der Waals surface area contributed by atoms with E-state index in [1.54, 1.807) is 12.1 Å². The van der Waals surface area contributed by atoms with E-state index in [1.807, 2.05) is 0 Å². The van der Waals surface area contributed by atoms with Gasteiger partial charge in [0.1, 0.15) is 5.82 Å². The van der Waals surface area contributed by atoms with Crippen molar-refractivity contribution < 1.29 is 9.18 Å². The van der Waals surface area contributed by atoms with Crippen molar-refractivity contribution in [3.05, 3.63) is 35.6 Å². The SMILES string of the molecule is Cl.O=C(NCc1ccc(F)cc1)[C@@H]1CCCN1. The molecule has 1 heterocycles. The van der Waals surface area contributed by atoms with Gasteiger partial charge in [-0.05, 0) is 37.1 Å². The van der Waals surface area contributed by atoms with E-state index in [2.05, 4.69) is 10.6 Å². The van der Waals surface area contributed by atoms with Crippen molar-refractivity contribution in [3.8, 4) is 0 Å². The van der Waals surface area contributed by atoms with E-state index in [0.717, 1.165) is 24.9 Å². The molecule has 1 aromatic rings. The Morgan fingerprint density at radius 2 is 2.12 bits per heavy atom. The van der Waals surface area contributed by atoms with Crippen molar-refractivity contribution >= 4 is 18.3 Å². The van der Waals surface area contributed by atoms with Crippen LogP contribution in [0.5, 0.6) is 0 Å². The third kappa shape index (κ3) is 3.98. The van der Waals surface area contributed by atoms with Crippen LogP contribution in [0.25, 0.3) is 0 Å². The lowest BCUT2D eigenvalue weighted by atomic mass is 10.2.